The van der Waals surface area contributed by atoms with Gasteiger partial charge in [0.25, 0.3) is 0 Å². The van der Waals surface area contributed by atoms with Crippen molar-refractivity contribution < 1.29 is 5.11 Å². The molecule has 2 rings (SSSR count). The van der Waals surface area contributed by atoms with Crippen molar-refractivity contribution in [3.05, 3.63) is 35.4 Å². The molecule has 0 aromatic heterocycles. The van der Waals surface area contributed by atoms with E-state index in [9.17, 15) is 5.11 Å². The van der Waals surface area contributed by atoms with Gasteiger partial charge in [-0.15, -0.1) is 0 Å². The van der Waals surface area contributed by atoms with E-state index in [1.165, 1.54) is 5.56 Å². The minimum atomic E-state index is -0.640. The molecule has 0 spiro atoms. The second-order valence-corrected chi connectivity index (χ2v) is 6.90. The molecular weight excluding hydrogens is 228 g/mol. The number of hydrogen-bond donors (Lipinski definition) is 1. The molecule has 1 fully saturated rings. The van der Waals surface area contributed by atoms with Gasteiger partial charge in [-0.25, -0.2) is 0 Å². The number of thioether (sulfide) groups is 1. The Hall–Kier alpha value is -0.470. The largest absolute Gasteiger partial charge is 0.384 e. The Balaban J connectivity index is 2.24. The van der Waals surface area contributed by atoms with Crippen LogP contribution in [-0.2, 0) is 12.0 Å². The van der Waals surface area contributed by atoms with E-state index in [4.69, 9.17) is 0 Å². The smallest absolute Gasteiger partial charge is 0.0991 e. The normalized spacial score (nSPS) is 28.0. The highest BCUT2D eigenvalue weighted by atomic mass is 32.2. The van der Waals surface area contributed by atoms with Crippen molar-refractivity contribution in [1.82, 2.24) is 0 Å². The van der Waals surface area contributed by atoms with E-state index in [1.807, 2.05) is 11.8 Å². The van der Waals surface area contributed by atoms with Crippen molar-refractivity contribution in [2.45, 2.75) is 39.2 Å². The predicted octanol–water partition coefficient (Wildman–Crippen LogP) is 3.60. The number of aryl methyl sites for hydroxylation is 1. The minimum absolute atomic E-state index is 0.223. The average Bonchev–Trinajstić information content (AvgIpc) is 2.27. The summed E-state index contributed by atoms with van der Waals surface area (Å²) in [5.74, 6) is 1.96. The van der Waals surface area contributed by atoms with Gasteiger partial charge < -0.3 is 5.11 Å². The van der Waals surface area contributed by atoms with Gasteiger partial charge in [-0.1, -0.05) is 45.0 Å². The second kappa shape index (κ2) is 4.66. The summed E-state index contributed by atoms with van der Waals surface area (Å²) in [6.07, 6.45) is 1.91. The van der Waals surface area contributed by atoms with Crippen LogP contribution in [0, 0.1) is 5.41 Å². The lowest BCUT2D eigenvalue weighted by molar-refractivity contribution is 0.0156. The molecule has 1 N–H and O–H groups in total. The summed E-state index contributed by atoms with van der Waals surface area (Å²) in [4.78, 5) is 0. The van der Waals surface area contributed by atoms with E-state index in [2.05, 4.69) is 45.0 Å². The molecular formula is C15H22OS. The van der Waals surface area contributed by atoms with Gasteiger partial charge in [0.2, 0.25) is 0 Å². The fourth-order valence-electron chi connectivity index (χ4n) is 2.63. The Morgan fingerprint density at radius 3 is 2.35 bits per heavy atom. The van der Waals surface area contributed by atoms with Crippen LogP contribution in [0.4, 0.5) is 0 Å². The summed E-state index contributed by atoms with van der Waals surface area (Å²) in [6.45, 7) is 6.64. The van der Waals surface area contributed by atoms with Crippen molar-refractivity contribution in [2.75, 3.05) is 11.5 Å². The average molecular weight is 250 g/mol. The molecule has 0 aliphatic carbocycles. The topological polar surface area (TPSA) is 20.2 Å². The van der Waals surface area contributed by atoms with Gasteiger partial charge in [0, 0.05) is 5.75 Å². The Morgan fingerprint density at radius 2 is 1.82 bits per heavy atom. The van der Waals surface area contributed by atoms with Gasteiger partial charge in [-0.3, -0.25) is 0 Å². The molecule has 1 nitrogen and oxygen atoms in total. The first kappa shape index (κ1) is 13.0. The van der Waals surface area contributed by atoms with Crippen LogP contribution in [0.5, 0.6) is 0 Å². The van der Waals surface area contributed by atoms with Gasteiger partial charge >= 0.3 is 0 Å². The predicted molar refractivity (Wildman–Crippen MR) is 75.4 cm³/mol. The van der Waals surface area contributed by atoms with Crippen LogP contribution in [0.25, 0.3) is 0 Å². The molecule has 2 heteroatoms. The van der Waals surface area contributed by atoms with Crippen LogP contribution in [0.1, 0.15) is 38.3 Å². The zero-order valence-corrected chi connectivity index (χ0v) is 11.8. The zero-order chi connectivity index (χ0) is 12.5. The van der Waals surface area contributed by atoms with Crippen LogP contribution < -0.4 is 0 Å². The third-order valence-corrected chi connectivity index (χ3v) is 5.17. The summed E-state index contributed by atoms with van der Waals surface area (Å²) in [7, 11) is 0. The third kappa shape index (κ3) is 2.86. The molecule has 0 bridgehead atoms. The maximum atomic E-state index is 10.8. The highest BCUT2D eigenvalue weighted by Crippen LogP contribution is 2.44. The molecule has 1 aliphatic heterocycles. The van der Waals surface area contributed by atoms with Crippen molar-refractivity contribution in [2.24, 2.45) is 5.41 Å². The first-order chi connectivity index (χ1) is 7.95. The molecule has 1 saturated heterocycles. The van der Waals surface area contributed by atoms with Gasteiger partial charge in [-0.2, -0.15) is 11.8 Å². The number of benzene rings is 1. The summed E-state index contributed by atoms with van der Waals surface area (Å²) in [5, 5.41) is 10.8. The van der Waals surface area contributed by atoms with Crippen molar-refractivity contribution in [3.63, 3.8) is 0 Å². The lowest BCUT2D eigenvalue weighted by atomic mass is 9.78. The van der Waals surface area contributed by atoms with E-state index >= 15 is 0 Å². The maximum Gasteiger partial charge on any atom is 0.0991 e. The van der Waals surface area contributed by atoms with Crippen LogP contribution >= 0.6 is 11.8 Å². The Kier molecular flexibility index (Phi) is 3.55. The van der Waals surface area contributed by atoms with E-state index < -0.39 is 5.60 Å². The molecule has 1 unspecified atom stereocenters. The molecule has 0 radical (unpaired) electrons. The lowest BCUT2D eigenvalue weighted by Crippen LogP contribution is -2.40. The maximum absolute atomic E-state index is 10.8. The van der Waals surface area contributed by atoms with Crippen LogP contribution in [-0.4, -0.2) is 16.6 Å². The van der Waals surface area contributed by atoms with Crippen LogP contribution in [0.2, 0.25) is 0 Å². The first-order valence-corrected chi connectivity index (χ1v) is 7.50. The molecule has 1 aromatic rings. The standard InChI is InChI=1S/C15H22OS/c1-4-12-5-7-13(8-6-12)15(16)9-14(2,3)10-17-11-15/h5-8,16H,4,9-11H2,1-3H3. The molecule has 1 aliphatic rings. The fourth-order valence-corrected chi connectivity index (χ4v) is 3.99. The van der Waals surface area contributed by atoms with Crippen molar-refractivity contribution >= 4 is 11.8 Å². The molecule has 0 amide bonds. The third-order valence-electron chi connectivity index (χ3n) is 3.50. The quantitative estimate of drug-likeness (QED) is 0.865. The lowest BCUT2D eigenvalue weighted by Gasteiger charge is -2.41. The van der Waals surface area contributed by atoms with E-state index in [0.717, 1.165) is 29.9 Å². The van der Waals surface area contributed by atoms with Gasteiger partial charge in [0.1, 0.15) is 0 Å². The number of aliphatic hydroxyl groups is 1. The van der Waals surface area contributed by atoms with E-state index in [-0.39, 0.29) is 5.41 Å². The van der Waals surface area contributed by atoms with E-state index in [0.29, 0.717) is 0 Å². The summed E-state index contributed by atoms with van der Waals surface area (Å²) >= 11 is 1.86. The molecule has 0 saturated carbocycles. The molecule has 1 heterocycles. The zero-order valence-electron chi connectivity index (χ0n) is 11.0. The number of rotatable bonds is 2. The summed E-state index contributed by atoms with van der Waals surface area (Å²) in [6, 6.07) is 8.47. The van der Waals surface area contributed by atoms with Crippen LogP contribution in [0.3, 0.4) is 0 Å². The molecule has 1 aromatic carbocycles. The Labute approximate surface area is 109 Å². The summed E-state index contributed by atoms with van der Waals surface area (Å²) < 4.78 is 0. The van der Waals surface area contributed by atoms with Crippen LogP contribution in [0.15, 0.2) is 24.3 Å². The summed E-state index contributed by atoms with van der Waals surface area (Å²) in [5.41, 5.74) is 2.00. The molecule has 1 atom stereocenters. The van der Waals surface area contributed by atoms with Gasteiger partial charge in [-0.05, 0) is 35.1 Å². The monoisotopic (exact) mass is 250 g/mol. The number of hydrogen-bond acceptors (Lipinski definition) is 2. The van der Waals surface area contributed by atoms with Gasteiger partial charge in [0.05, 0.1) is 5.60 Å². The van der Waals surface area contributed by atoms with Gasteiger partial charge in [0.15, 0.2) is 0 Å². The molecule has 17 heavy (non-hydrogen) atoms. The minimum Gasteiger partial charge on any atom is -0.384 e. The van der Waals surface area contributed by atoms with Crippen molar-refractivity contribution in [3.8, 4) is 0 Å². The Bertz CT molecular complexity index is 382. The molecule has 94 valence electrons. The highest BCUT2D eigenvalue weighted by molar-refractivity contribution is 7.99. The Morgan fingerprint density at radius 1 is 1.18 bits per heavy atom. The van der Waals surface area contributed by atoms with E-state index in [1.54, 1.807) is 0 Å². The second-order valence-electron chi connectivity index (χ2n) is 5.92. The van der Waals surface area contributed by atoms with Crippen molar-refractivity contribution in [1.29, 1.82) is 0 Å². The highest BCUT2D eigenvalue weighted by Gasteiger charge is 2.40. The first-order valence-electron chi connectivity index (χ1n) is 6.35. The SMILES string of the molecule is CCc1ccc(C2(O)CSCC(C)(C)C2)cc1. The fraction of sp³-hybridized carbons (Fsp3) is 0.600.